The van der Waals surface area contributed by atoms with Crippen molar-refractivity contribution in [2.24, 2.45) is 0 Å². The highest BCUT2D eigenvalue weighted by Gasteiger charge is 2.27. The molecule has 128 valence electrons. The molecule has 1 saturated heterocycles. The molecule has 0 aliphatic carbocycles. The number of nitrogens with one attached hydrogen (secondary N) is 3. The van der Waals surface area contributed by atoms with Crippen molar-refractivity contribution in [2.45, 2.75) is 25.3 Å². The number of anilines is 1. The molecule has 3 N–H and O–H groups in total. The van der Waals surface area contributed by atoms with Crippen LogP contribution in [0.15, 0.2) is 30.3 Å². The summed E-state index contributed by atoms with van der Waals surface area (Å²) >= 11 is 1.29. The Hall–Kier alpha value is -2.12. The number of amides is 2. The van der Waals surface area contributed by atoms with E-state index in [1.165, 1.54) is 17.1 Å². The van der Waals surface area contributed by atoms with Gasteiger partial charge in [0, 0.05) is 18.5 Å². The average molecular weight is 346 g/mol. The molecule has 1 aliphatic rings. The molecular formula is C17H22N4O2S. The lowest BCUT2D eigenvalue weighted by Gasteiger charge is -2.33. The Morgan fingerprint density at radius 1 is 1.38 bits per heavy atom. The summed E-state index contributed by atoms with van der Waals surface area (Å²) in [6.45, 7) is 3.65. The van der Waals surface area contributed by atoms with Crippen LogP contribution in [0.2, 0.25) is 0 Å². The highest BCUT2D eigenvalue weighted by Crippen LogP contribution is 2.26. The van der Waals surface area contributed by atoms with E-state index >= 15 is 0 Å². The van der Waals surface area contributed by atoms with Crippen LogP contribution >= 0.6 is 11.5 Å². The number of ether oxygens (including phenoxy) is 1. The Kier molecular flexibility index (Phi) is 5.32. The van der Waals surface area contributed by atoms with Gasteiger partial charge in [-0.2, -0.15) is 4.37 Å². The highest BCUT2D eigenvalue weighted by molar-refractivity contribution is 7.10. The molecule has 24 heavy (non-hydrogen) atoms. The van der Waals surface area contributed by atoms with Gasteiger partial charge >= 0.3 is 6.03 Å². The molecule has 2 amide bonds. The SMILES string of the molecule is COc1ccc(C2CNCC[C@H]2NC(=O)Nc2cc(C)ns2)cc1. The Balaban J connectivity index is 1.66. The van der Waals surface area contributed by atoms with Crippen molar-refractivity contribution in [3.8, 4) is 5.75 Å². The van der Waals surface area contributed by atoms with E-state index in [1.807, 2.05) is 25.1 Å². The summed E-state index contributed by atoms with van der Waals surface area (Å²) in [6.07, 6.45) is 0.895. The molecule has 0 bridgehead atoms. The first kappa shape index (κ1) is 16.7. The first-order chi connectivity index (χ1) is 11.7. The number of rotatable bonds is 4. The summed E-state index contributed by atoms with van der Waals surface area (Å²) in [4.78, 5) is 12.3. The van der Waals surface area contributed by atoms with Crippen LogP contribution in [0.3, 0.4) is 0 Å². The third-order valence-corrected chi connectivity index (χ3v) is 5.00. The molecule has 1 aromatic carbocycles. The van der Waals surface area contributed by atoms with E-state index in [2.05, 4.69) is 32.5 Å². The molecular weight excluding hydrogens is 324 g/mol. The first-order valence-electron chi connectivity index (χ1n) is 8.01. The van der Waals surface area contributed by atoms with E-state index in [0.717, 1.165) is 36.0 Å². The number of piperidine rings is 1. The van der Waals surface area contributed by atoms with Gasteiger partial charge in [0.1, 0.15) is 10.8 Å². The minimum atomic E-state index is -0.177. The fourth-order valence-electron chi connectivity index (χ4n) is 2.97. The zero-order valence-electron chi connectivity index (χ0n) is 13.8. The van der Waals surface area contributed by atoms with Gasteiger partial charge in [0.25, 0.3) is 0 Å². The predicted octanol–water partition coefficient (Wildman–Crippen LogP) is 2.73. The van der Waals surface area contributed by atoms with Gasteiger partial charge in [-0.25, -0.2) is 4.79 Å². The van der Waals surface area contributed by atoms with Crippen LogP contribution in [0.4, 0.5) is 9.80 Å². The van der Waals surface area contributed by atoms with Crippen molar-refractivity contribution in [3.05, 3.63) is 41.6 Å². The first-order valence-corrected chi connectivity index (χ1v) is 8.78. The summed E-state index contributed by atoms with van der Waals surface area (Å²) < 4.78 is 9.39. The second-order valence-corrected chi connectivity index (χ2v) is 6.71. The monoisotopic (exact) mass is 346 g/mol. The molecule has 1 aliphatic heterocycles. The maximum atomic E-state index is 12.3. The minimum Gasteiger partial charge on any atom is -0.497 e. The number of aromatic nitrogens is 1. The van der Waals surface area contributed by atoms with Crippen LogP contribution in [0, 0.1) is 6.92 Å². The van der Waals surface area contributed by atoms with Gasteiger partial charge in [0.05, 0.1) is 12.8 Å². The van der Waals surface area contributed by atoms with E-state index in [-0.39, 0.29) is 18.0 Å². The number of methoxy groups -OCH3 is 1. The molecule has 1 fully saturated rings. The fourth-order valence-corrected chi connectivity index (χ4v) is 3.63. The summed E-state index contributed by atoms with van der Waals surface area (Å²) in [5.41, 5.74) is 2.11. The van der Waals surface area contributed by atoms with Gasteiger partial charge in [-0.15, -0.1) is 0 Å². The van der Waals surface area contributed by atoms with Crippen LogP contribution in [-0.2, 0) is 0 Å². The van der Waals surface area contributed by atoms with Crippen LogP contribution < -0.4 is 20.7 Å². The van der Waals surface area contributed by atoms with E-state index in [9.17, 15) is 4.79 Å². The Labute approximate surface area is 145 Å². The molecule has 0 spiro atoms. The van der Waals surface area contributed by atoms with Gasteiger partial charge in [0.2, 0.25) is 0 Å². The van der Waals surface area contributed by atoms with Crippen LogP contribution in [0.5, 0.6) is 5.75 Å². The topological polar surface area (TPSA) is 75.3 Å². The van der Waals surface area contributed by atoms with E-state index in [0.29, 0.717) is 0 Å². The average Bonchev–Trinajstić information content (AvgIpc) is 3.00. The maximum Gasteiger partial charge on any atom is 0.320 e. The minimum absolute atomic E-state index is 0.0914. The predicted molar refractivity (Wildman–Crippen MR) is 96.0 cm³/mol. The second-order valence-electron chi connectivity index (χ2n) is 5.91. The number of hydrogen-bond acceptors (Lipinski definition) is 5. The van der Waals surface area contributed by atoms with Gasteiger partial charge in [-0.05, 0) is 55.2 Å². The number of carbonyl (C=O) groups is 1. The summed E-state index contributed by atoms with van der Waals surface area (Å²) in [7, 11) is 1.66. The third kappa shape index (κ3) is 4.04. The largest absolute Gasteiger partial charge is 0.497 e. The second kappa shape index (κ2) is 7.63. The number of benzene rings is 1. The molecule has 1 unspecified atom stereocenters. The number of hydrogen-bond donors (Lipinski definition) is 3. The van der Waals surface area contributed by atoms with Crippen LogP contribution in [-0.4, -0.2) is 36.6 Å². The van der Waals surface area contributed by atoms with Crippen LogP contribution in [0.1, 0.15) is 23.6 Å². The molecule has 0 saturated carbocycles. The van der Waals surface area contributed by atoms with Crippen molar-refractivity contribution < 1.29 is 9.53 Å². The number of nitrogens with zero attached hydrogens (tertiary/aromatic N) is 1. The number of urea groups is 1. The molecule has 7 heteroatoms. The highest BCUT2D eigenvalue weighted by atomic mass is 32.1. The van der Waals surface area contributed by atoms with Crippen molar-refractivity contribution in [1.29, 1.82) is 0 Å². The maximum absolute atomic E-state index is 12.3. The van der Waals surface area contributed by atoms with Gasteiger partial charge in [-0.3, -0.25) is 5.32 Å². The lowest BCUT2D eigenvalue weighted by Crippen LogP contribution is -2.49. The lowest BCUT2D eigenvalue weighted by atomic mass is 9.87. The fraction of sp³-hybridized carbons (Fsp3) is 0.412. The number of aryl methyl sites for hydroxylation is 1. The van der Waals surface area contributed by atoms with E-state index in [1.54, 1.807) is 7.11 Å². The molecule has 6 nitrogen and oxygen atoms in total. The summed E-state index contributed by atoms with van der Waals surface area (Å²) in [6, 6.07) is 9.83. The molecule has 3 rings (SSSR count). The summed E-state index contributed by atoms with van der Waals surface area (Å²) in [5.74, 6) is 1.07. The zero-order chi connectivity index (χ0) is 16.9. The Morgan fingerprint density at radius 3 is 2.83 bits per heavy atom. The van der Waals surface area contributed by atoms with Crippen molar-refractivity contribution >= 4 is 22.6 Å². The van der Waals surface area contributed by atoms with Gasteiger partial charge in [0.15, 0.2) is 0 Å². The van der Waals surface area contributed by atoms with Gasteiger partial charge in [-0.1, -0.05) is 12.1 Å². The smallest absolute Gasteiger partial charge is 0.320 e. The third-order valence-electron chi connectivity index (χ3n) is 4.21. The molecule has 2 heterocycles. The van der Waals surface area contributed by atoms with Crippen LogP contribution in [0.25, 0.3) is 0 Å². The molecule has 2 atom stereocenters. The molecule has 2 aromatic rings. The molecule has 1 aromatic heterocycles. The van der Waals surface area contributed by atoms with Crippen molar-refractivity contribution in [2.75, 3.05) is 25.5 Å². The van der Waals surface area contributed by atoms with Crippen molar-refractivity contribution in [3.63, 3.8) is 0 Å². The summed E-state index contributed by atoms with van der Waals surface area (Å²) in [5, 5.41) is 10.1. The Morgan fingerprint density at radius 2 is 2.17 bits per heavy atom. The lowest BCUT2D eigenvalue weighted by molar-refractivity contribution is 0.242. The quantitative estimate of drug-likeness (QED) is 0.796. The van der Waals surface area contributed by atoms with Crippen molar-refractivity contribution in [1.82, 2.24) is 15.0 Å². The van der Waals surface area contributed by atoms with E-state index < -0.39 is 0 Å². The Bertz CT molecular complexity index is 686. The van der Waals surface area contributed by atoms with E-state index in [4.69, 9.17) is 4.74 Å². The number of carbonyl (C=O) groups excluding carboxylic acids is 1. The standard InChI is InChI=1S/C17H22N4O2S/c1-11-9-16(24-21-11)20-17(22)19-15-7-8-18-10-14(15)12-3-5-13(23-2)6-4-12/h3-6,9,14-15,18H,7-8,10H2,1-2H3,(H2,19,20,22)/t14?,15-/m1/s1. The molecule has 0 radical (unpaired) electrons. The normalized spacial score (nSPS) is 20.4. The zero-order valence-corrected chi connectivity index (χ0v) is 14.7. The van der Waals surface area contributed by atoms with Gasteiger partial charge < -0.3 is 15.4 Å².